The summed E-state index contributed by atoms with van der Waals surface area (Å²) < 4.78 is 62.2. The fourth-order valence-corrected chi connectivity index (χ4v) is 12.2. The van der Waals surface area contributed by atoms with Crippen LogP contribution in [0, 0.1) is 0 Å². The fourth-order valence-electron chi connectivity index (χ4n) is 5.12. The van der Waals surface area contributed by atoms with E-state index >= 15 is 0 Å². The standard InChI is InChI=1S/C20H28N10O17P4S2/c21-15-9-17(25-3-23-15)29(5-27-9)19-13(33)11(31)7(43-19)1-41-50(39,52)46-49(38,45-48(35,36)37)47-51(40,53)42-2-8-12(32)14(34)20(44-8)30-6-28-10-16(22)24-4-26-18(10)30/h3-8,11-14,19-20,31-34H,1-2H2,(H,39,52)(H,40,53)(H2,21,23,25)(H2,22,24,26)(H2,35,36,37)/t7-,8-,11-,12-,13-,14-,19-,20-,49?,50?,51?/m1/s1. The molecule has 12 N–H and O–H groups in total. The Morgan fingerprint density at radius 3 is 1.43 bits per heavy atom. The van der Waals surface area contributed by atoms with Gasteiger partial charge in [-0.2, -0.15) is 4.31 Å². The molecule has 0 spiro atoms. The molecule has 2 aliphatic heterocycles. The molecule has 2 saturated heterocycles. The molecule has 27 nitrogen and oxygen atoms in total. The highest BCUT2D eigenvalue weighted by Crippen LogP contribution is 2.74. The van der Waals surface area contributed by atoms with E-state index in [-0.39, 0.29) is 34.0 Å². The minimum atomic E-state index is -5.93. The molecule has 292 valence electrons. The van der Waals surface area contributed by atoms with Gasteiger partial charge >= 0.3 is 29.1 Å². The zero-order valence-corrected chi connectivity index (χ0v) is 31.1. The minimum absolute atomic E-state index is 0.0151. The van der Waals surface area contributed by atoms with Crippen molar-refractivity contribution in [3.8, 4) is 0 Å². The summed E-state index contributed by atoms with van der Waals surface area (Å²) in [6.45, 7) is -11.8. The van der Waals surface area contributed by atoms with E-state index in [1.54, 1.807) is 0 Å². The molecule has 6 rings (SSSR count). The highest BCUT2D eigenvalue weighted by Gasteiger charge is 2.50. The number of ether oxygens (including phenoxy) is 2. The lowest BCUT2D eigenvalue weighted by atomic mass is 10.1. The lowest BCUT2D eigenvalue weighted by Gasteiger charge is -2.26. The summed E-state index contributed by atoms with van der Waals surface area (Å²) in [6.07, 6.45) is -7.76. The van der Waals surface area contributed by atoms with Gasteiger partial charge in [0.05, 0.1) is 25.9 Å². The van der Waals surface area contributed by atoms with Crippen molar-refractivity contribution in [1.82, 2.24) is 39.0 Å². The highest BCUT2D eigenvalue weighted by molar-refractivity contribution is 8.10. The number of nitrogens with two attached hydrogens (primary N) is 2. The average molecular weight is 869 g/mol. The molecule has 0 saturated carbocycles. The first kappa shape index (κ1) is 40.5. The van der Waals surface area contributed by atoms with E-state index in [9.17, 15) is 49.1 Å². The summed E-state index contributed by atoms with van der Waals surface area (Å²) in [6, 6.07) is 0. The fraction of sp³-hybridized carbons (Fsp3) is 0.500. The number of imidazole rings is 2. The van der Waals surface area contributed by atoms with Crippen LogP contribution in [0.5, 0.6) is 0 Å². The molecular formula is C20H28N10O17P4S2. The van der Waals surface area contributed by atoms with Gasteiger partial charge in [0.2, 0.25) is 0 Å². The maximum atomic E-state index is 13.4. The van der Waals surface area contributed by atoms with Crippen LogP contribution >= 0.6 is 29.1 Å². The number of rotatable bonds is 14. The quantitative estimate of drug-likeness (QED) is 0.0600. The van der Waals surface area contributed by atoms with Crippen molar-refractivity contribution in [2.24, 2.45) is 0 Å². The van der Waals surface area contributed by atoms with E-state index < -0.39 is 91.4 Å². The van der Waals surface area contributed by atoms with Gasteiger partial charge < -0.3 is 70.0 Å². The number of nitrogen functional groups attached to an aromatic ring is 2. The van der Waals surface area contributed by atoms with Gasteiger partial charge in [0, 0.05) is 0 Å². The normalized spacial score (nSPS) is 30.0. The number of aromatic nitrogens is 8. The molecule has 0 radical (unpaired) electrons. The molecule has 33 heteroatoms. The van der Waals surface area contributed by atoms with Crippen LogP contribution in [-0.2, 0) is 64.2 Å². The van der Waals surface area contributed by atoms with Crippen molar-refractivity contribution in [1.29, 1.82) is 0 Å². The van der Waals surface area contributed by atoms with Crippen LogP contribution in [0.3, 0.4) is 0 Å². The van der Waals surface area contributed by atoms with Crippen LogP contribution in [0.1, 0.15) is 12.5 Å². The molecule has 53 heavy (non-hydrogen) atoms. The van der Waals surface area contributed by atoms with Crippen molar-refractivity contribution in [3.63, 3.8) is 0 Å². The molecule has 2 unspecified atom stereocenters. The Morgan fingerprint density at radius 2 is 1.06 bits per heavy atom. The van der Waals surface area contributed by atoms with E-state index in [1.807, 2.05) is 0 Å². The Morgan fingerprint density at radius 1 is 0.660 bits per heavy atom. The third-order valence-corrected chi connectivity index (χ3v) is 15.1. The summed E-state index contributed by atoms with van der Waals surface area (Å²) in [4.78, 5) is 63.7. The summed E-state index contributed by atoms with van der Waals surface area (Å²) in [7, 11) is -11.8. The van der Waals surface area contributed by atoms with Crippen molar-refractivity contribution in [2.45, 2.75) is 49.1 Å². The topological polar surface area (TPSA) is 400 Å². The summed E-state index contributed by atoms with van der Waals surface area (Å²) in [5.74, 6) is 0.0302. The van der Waals surface area contributed by atoms with E-state index in [1.165, 1.54) is 21.8 Å². The van der Waals surface area contributed by atoms with Crippen molar-refractivity contribution >= 4 is 86.7 Å². The molecule has 2 aliphatic rings. The highest BCUT2D eigenvalue weighted by atomic mass is 32.5. The molecule has 0 aliphatic carbocycles. The van der Waals surface area contributed by atoms with Gasteiger partial charge in [-0.25, -0.2) is 47.7 Å². The summed E-state index contributed by atoms with van der Waals surface area (Å²) in [5, 5.41) is 42.4. The maximum absolute atomic E-state index is 13.4. The number of hydrogen-bond donors (Lipinski definition) is 10. The average Bonchev–Trinajstić information content (AvgIpc) is 3.80. The first-order valence-electron chi connectivity index (χ1n) is 14.3. The Balaban J connectivity index is 1.10. The number of aliphatic hydroxyl groups excluding tert-OH is 4. The first-order valence-corrected chi connectivity index (χ1v) is 22.5. The van der Waals surface area contributed by atoms with Gasteiger partial charge in [-0.15, -0.1) is 0 Å². The zero-order valence-electron chi connectivity index (χ0n) is 25.9. The third-order valence-electron chi connectivity index (χ3n) is 7.41. The van der Waals surface area contributed by atoms with Crippen LogP contribution in [0.25, 0.3) is 22.3 Å². The lowest BCUT2D eigenvalue weighted by molar-refractivity contribution is -0.0491. The number of hydrogen-bond acceptors (Lipinski definition) is 23. The number of anilines is 2. The predicted octanol–water partition coefficient (Wildman–Crippen LogP) is -2.21. The van der Waals surface area contributed by atoms with Gasteiger partial charge in [-0.1, -0.05) is 0 Å². The molecule has 0 aromatic carbocycles. The number of phosphoric acid groups is 2. The van der Waals surface area contributed by atoms with Crippen LogP contribution in [-0.4, -0.2) is 129 Å². The van der Waals surface area contributed by atoms with Crippen molar-refractivity contribution in [2.75, 3.05) is 24.7 Å². The molecular weight excluding hydrogens is 840 g/mol. The van der Waals surface area contributed by atoms with Crippen molar-refractivity contribution in [3.05, 3.63) is 25.3 Å². The molecule has 6 heterocycles. The molecule has 2 fully saturated rings. The summed E-state index contributed by atoms with van der Waals surface area (Å²) in [5.41, 5.74) is 12.1. The second-order valence-corrected chi connectivity index (χ2v) is 20.0. The second kappa shape index (κ2) is 15.1. The third kappa shape index (κ3) is 8.81. The van der Waals surface area contributed by atoms with E-state index in [2.05, 4.69) is 42.8 Å². The summed E-state index contributed by atoms with van der Waals surface area (Å²) >= 11 is 9.55. The lowest BCUT2D eigenvalue weighted by Crippen LogP contribution is -2.33. The van der Waals surface area contributed by atoms with E-state index in [0.29, 0.717) is 0 Å². The minimum Gasteiger partial charge on any atom is -0.387 e. The van der Waals surface area contributed by atoms with Gasteiger partial charge in [0.25, 0.3) is 0 Å². The second-order valence-electron chi connectivity index (χ2n) is 11.0. The molecule has 4 aromatic heterocycles. The monoisotopic (exact) mass is 868 g/mol. The van der Waals surface area contributed by atoms with E-state index in [0.717, 1.165) is 12.7 Å². The Hall–Kier alpha value is -2.14. The first-order chi connectivity index (χ1) is 24.7. The molecule has 10 atom stereocenters. The smallest absolute Gasteiger partial charge is 0.387 e. The Kier molecular flexibility index (Phi) is 11.5. The van der Waals surface area contributed by atoms with E-state index in [4.69, 9.17) is 53.6 Å². The van der Waals surface area contributed by atoms with Gasteiger partial charge in [-0.05, 0) is 23.6 Å². The van der Waals surface area contributed by atoms with Gasteiger partial charge in [0.15, 0.2) is 35.4 Å². The number of nitrogens with zero attached hydrogens (tertiary/aromatic N) is 8. The zero-order chi connectivity index (χ0) is 38.7. The van der Waals surface area contributed by atoms with Crippen LogP contribution < -0.4 is 11.5 Å². The van der Waals surface area contributed by atoms with Crippen LogP contribution in [0.15, 0.2) is 25.3 Å². The van der Waals surface area contributed by atoms with Crippen LogP contribution in [0.2, 0.25) is 0 Å². The molecule has 0 bridgehead atoms. The van der Waals surface area contributed by atoms with Crippen LogP contribution in [0.4, 0.5) is 11.6 Å². The predicted molar refractivity (Wildman–Crippen MR) is 179 cm³/mol. The SMILES string of the molecule is Nc1ncnc2c1ncn2[C@@H]1O[C@H](COP(O)(=S)OP(=O)(OP(=O)(O)O)OP(O)(=S)OC[C@H]2O[C@@H](n3cnc4c(N)ncnc43)[C@H](O)[C@@H]2O)[C@@H](O)[C@H]1O. The maximum Gasteiger partial charge on any atom is 0.498 e. The van der Waals surface area contributed by atoms with Gasteiger partial charge in [0.1, 0.15) is 60.3 Å². The van der Waals surface area contributed by atoms with Crippen molar-refractivity contribution < 1.29 is 80.6 Å². The number of aliphatic hydroxyl groups is 4. The van der Waals surface area contributed by atoms with Gasteiger partial charge in [-0.3, -0.25) is 9.13 Å². The molecule has 0 amide bonds. The Labute approximate surface area is 304 Å². The largest absolute Gasteiger partial charge is 0.498 e. The Bertz CT molecular complexity index is 2060. The molecule has 4 aromatic rings. The number of fused-ring (bicyclic) bond motifs is 2.